The molecule has 3 nitrogen and oxygen atoms in total. The summed E-state index contributed by atoms with van der Waals surface area (Å²) in [6, 6.07) is 6.94. The molecule has 20 heavy (non-hydrogen) atoms. The van der Waals surface area contributed by atoms with Crippen molar-refractivity contribution in [2.75, 3.05) is 6.54 Å². The number of aromatic nitrogens is 1. The van der Waals surface area contributed by atoms with Crippen LogP contribution < -0.4 is 0 Å². The number of thiol groups is 1. The molecular weight excluding hydrogens is 268 g/mol. The maximum atomic E-state index is 11.8. The van der Waals surface area contributed by atoms with Crippen molar-refractivity contribution in [2.24, 2.45) is 0 Å². The molecule has 0 saturated carbocycles. The van der Waals surface area contributed by atoms with Crippen molar-refractivity contribution >= 4 is 28.8 Å². The largest absolute Gasteiger partial charge is 0.341 e. The molecule has 0 N–H and O–H groups in total. The molecule has 0 fully saturated rings. The van der Waals surface area contributed by atoms with Crippen LogP contribution in [0.5, 0.6) is 0 Å². The van der Waals surface area contributed by atoms with Gasteiger partial charge < -0.3 is 9.47 Å². The molecule has 1 aromatic heterocycles. The third-order valence-electron chi connectivity index (χ3n) is 4.77. The highest BCUT2D eigenvalue weighted by atomic mass is 32.1. The van der Waals surface area contributed by atoms with E-state index in [9.17, 15) is 4.79 Å². The fourth-order valence-electron chi connectivity index (χ4n) is 3.95. The van der Waals surface area contributed by atoms with Gasteiger partial charge in [-0.2, -0.15) is 0 Å². The van der Waals surface area contributed by atoms with Crippen molar-refractivity contribution in [1.29, 1.82) is 0 Å². The Labute approximate surface area is 124 Å². The summed E-state index contributed by atoms with van der Waals surface area (Å²) in [5.41, 5.74) is 5.46. The van der Waals surface area contributed by atoms with E-state index in [0.29, 0.717) is 0 Å². The predicted molar refractivity (Wildman–Crippen MR) is 83.4 cm³/mol. The first-order valence-electron chi connectivity index (χ1n) is 7.28. The number of carbonyl (C=O) groups excluding carboxylic acids is 1. The third kappa shape index (κ3) is 1.57. The molecule has 1 aliphatic carbocycles. The number of hydrogen-bond acceptors (Lipinski definition) is 1. The van der Waals surface area contributed by atoms with Gasteiger partial charge in [-0.25, -0.2) is 0 Å². The van der Waals surface area contributed by atoms with Crippen LogP contribution in [-0.2, 0) is 13.0 Å². The molecule has 1 unspecified atom stereocenters. The number of fused-ring (bicyclic) bond motifs is 3. The van der Waals surface area contributed by atoms with E-state index in [1.54, 1.807) is 0 Å². The SMILES string of the molecule is Cc1ccc2c(c1)c1c3n2CCN(C(=O)S)C3CCC1. The number of carbonyl (C=O) groups is 1. The average molecular weight is 286 g/mol. The van der Waals surface area contributed by atoms with E-state index in [1.807, 2.05) is 4.90 Å². The van der Waals surface area contributed by atoms with Crippen molar-refractivity contribution in [3.63, 3.8) is 0 Å². The third-order valence-corrected chi connectivity index (χ3v) is 5.03. The van der Waals surface area contributed by atoms with Gasteiger partial charge in [-0.15, -0.1) is 0 Å². The number of rotatable bonds is 0. The predicted octanol–water partition coefficient (Wildman–Crippen LogP) is 3.69. The monoisotopic (exact) mass is 286 g/mol. The molecule has 1 aromatic carbocycles. The maximum absolute atomic E-state index is 11.8. The highest BCUT2D eigenvalue weighted by Gasteiger charge is 2.35. The van der Waals surface area contributed by atoms with E-state index in [4.69, 9.17) is 0 Å². The van der Waals surface area contributed by atoms with Crippen LogP contribution in [0.4, 0.5) is 4.79 Å². The Balaban J connectivity index is 2.00. The van der Waals surface area contributed by atoms with Crippen LogP contribution in [0.2, 0.25) is 0 Å². The molecule has 1 amide bonds. The average Bonchev–Trinajstić information content (AvgIpc) is 2.75. The van der Waals surface area contributed by atoms with Gasteiger partial charge in [0.25, 0.3) is 5.24 Å². The van der Waals surface area contributed by atoms with Gasteiger partial charge in [-0.1, -0.05) is 24.3 Å². The quantitative estimate of drug-likeness (QED) is 0.734. The zero-order chi connectivity index (χ0) is 13.9. The Morgan fingerprint density at radius 2 is 2.20 bits per heavy atom. The lowest BCUT2D eigenvalue weighted by molar-refractivity contribution is 0.169. The zero-order valence-electron chi connectivity index (χ0n) is 11.6. The van der Waals surface area contributed by atoms with Gasteiger partial charge in [0.1, 0.15) is 0 Å². The minimum Gasteiger partial charge on any atom is -0.341 e. The highest BCUT2D eigenvalue weighted by molar-refractivity contribution is 7.96. The van der Waals surface area contributed by atoms with Gasteiger partial charge in [-0.3, -0.25) is 4.79 Å². The van der Waals surface area contributed by atoms with Gasteiger partial charge in [0, 0.05) is 29.7 Å². The van der Waals surface area contributed by atoms with Crippen LogP contribution in [0.25, 0.3) is 10.9 Å². The molecular formula is C16H18N2OS. The van der Waals surface area contributed by atoms with Crippen molar-refractivity contribution in [2.45, 2.75) is 38.8 Å². The summed E-state index contributed by atoms with van der Waals surface area (Å²) in [6.07, 6.45) is 3.35. The van der Waals surface area contributed by atoms with Crippen molar-refractivity contribution in [3.05, 3.63) is 35.0 Å². The Kier molecular flexibility index (Phi) is 2.64. The first-order valence-corrected chi connectivity index (χ1v) is 7.72. The van der Waals surface area contributed by atoms with Crippen molar-refractivity contribution < 1.29 is 4.79 Å². The number of aryl methyl sites for hydroxylation is 2. The van der Waals surface area contributed by atoms with Crippen molar-refractivity contribution in [3.8, 4) is 0 Å². The summed E-state index contributed by atoms with van der Waals surface area (Å²) in [6.45, 7) is 3.81. The number of amides is 1. The lowest BCUT2D eigenvalue weighted by atomic mass is 9.90. The van der Waals surface area contributed by atoms with Crippen LogP contribution in [0, 0.1) is 6.92 Å². The topological polar surface area (TPSA) is 25.2 Å². The second-order valence-corrected chi connectivity index (χ2v) is 6.30. The standard InChI is InChI=1S/C16H18N2OS/c1-10-5-6-13-12(9-10)11-3-2-4-14-15(11)17(13)7-8-18(14)16(19)20/h5-6,9,14H,2-4,7-8H2,1H3,(H,19,20). The first-order chi connectivity index (χ1) is 9.66. The molecule has 0 bridgehead atoms. The van der Waals surface area contributed by atoms with Crippen molar-refractivity contribution in [1.82, 2.24) is 9.47 Å². The van der Waals surface area contributed by atoms with Gasteiger partial charge in [-0.05, 0) is 43.9 Å². The van der Waals surface area contributed by atoms with Crippen LogP contribution in [-0.4, -0.2) is 21.3 Å². The fraction of sp³-hybridized carbons (Fsp3) is 0.438. The van der Waals surface area contributed by atoms with E-state index in [0.717, 1.165) is 32.4 Å². The zero-order valence-corrected chi connectivity index (χ0v) is 12.5. The lowest BCUT2D eigenvalue weighted by Gasteiger charge is -2.39. The van der Waals surface area contributed by atoms with E-state index < -0.39 is 0 Å². The number of benzene rings is 1. The van der Waals surface area contributed by atoms with E-state index in [2.05, 4.69) is 42.3 Å². The van der Waals surface area contributed by atoms with Crippen LogP contribution in [0.1, 0.15) is 35.7 Å². The van der Waals surface area contributed by atoms with Crippen LogP contribution in [0.3, 0.4) is 0 Å². The smallest absolute Gasteiger partial charge is 0.279 e. The molecule has 2 aliphatic rings. The van der Waals surface area contributed by atoms with E-state index in [-0.39, 0.29) is 11.3 Å². The molecule has 4 heteroatoms. The number of hydrogen-bond donors (Lipinski definition) is 1. The fourth-order valence-corrected chi connectivity index (χ4v) is 4.19. The molecule has 0 spiro atoms. The summed E-state index contributed by atoms with van der Waals surface area (Å²) >= 11 is 4.06. The Hall–Kier alpha value is -1.42. The Bertz CT molecular complexity index is 719. The van der Waals surface area contributed by atoms with Crippen LogP contribution >= 0.6 is 12.6 Å². The molecule has 2 aromatic rings. The molecule has 1 atom stereocenters. The highest BCUT2D eigenvalue weighted by Crippen LogP contribution is 2.42. The van der Waals surface area contributed by atoms with Gasteiger partial charge in [0.2, 0.25) is 0 Å². The number of nitrogens with zero attached hydrogens (tertiary/aromatic N) is 2. The molecule has 2 heterocycles. The Morgan fingerprint density at radius 1 is 1.35 bits per heavy atom. The van der Waals surface area contributed by atoms with E-state index in [1.165, 1.54) is 27.7 Å². The summed E-state index contributed by atoms with van der Waals surface area (Å²) in [7, 11) is 0. The first kappa shape index (κ1) is 12.3. The molecule has 1 aliphatic heterocycles. The normalized spacial score (nSPS) is 21.1. The van der Waals surface area contributed by atoms with E-state index >= 15 is 0 Å². The second-order valence-electron chi connectivity index (χ2n) is 5.92. The second kappa shape index (κ2) is 4.29. The minimum atomic E-state index is -0.0875. The van der Waals surface area contributed by atoms with Crippen LogP contribution in [0.15, 0.2) is 18.2 Å². The molecule has 4 rings (SSSR count). The summed E-state index contributed by atoms with van der Waals surface area (Å²) < 4.78 is 2.43. The van der Waals surface area contributed by atoms with Gasteiger partial charge >= 0.3 is 0 Å². The lowest BCUT2D eigenvalue weighted by Crippen LogP contribution is -2.41. The summed E-state index contributed by atoms with van der Waals surface area (Å²) in [4.78, 5) is 13.7. The molecule has 0 saturated heterocycles. The summed E-state index contributed by atoms with van der Waals surface area (Å²) in [5, 5.41) is 1.30. The molecule has 104 valence electrons. The summed E-state index contributed by atoms with van der Waals surface area (Å²) in [5.74, 6) is 0. The maximum Gasteiger partial charge on any atom is 0.279 e. The minimum absolute atomic E-state index is 0.0875. The Morgan fingerprint density at radius 3 is 3.00 bits per heavy atom. The van der Waals surface area contributed by atoms with Gasteiger partial charge in [0.05, 0.1) is 6.04 Å². The molecule has 0 radical (unpaired) electrons. The van der Waals surface area contributed by atoms with Gasteiger partial charge in [0.15, 0.2) is 0 Å².